The molecule has 13 heteroatoms. The van der Waals surface area contributed by atoms with Crippen LogP contribution in [-0.4, -0.2) is 42.3 Å². The van der Waals surface area contributed by atoms with Gasteiger partial charge in [0.05, 0.1) is 22.7 Å². The molecule has 0 fully saturated rings. The van der Waals surface area contributed by atoms with Gasteiger partial charge in [0.2, 0.25) is 11.8 Å². The second kappa shape index (κ2) is 21.8. The van der Waals surface area contributed by atoms with E-state index in [1.54, 1.807) is 0 Å². The van der Waals surface area contributed by atoms with Crippen molar-refractivity contribution in [3.05, 3.63) is 34.9 Å². The van der Waals surface area contributed by atoms with E-state index in [2.05, 4.69) is 17.6 Å². The summed E-state index contributed by atoms with van der Waals surface area (Å²) in [4.78, 5) is 51.8. The molecule has 0 bridgehead atoms. The number of halogens is 6. The number of benzene rings is 1. The number of unbranched alkanes of at least 4 members (excludes halogenated alkanes) is 10. The fourth-order valence-corrected chi connectivity index (χ4v) is 5.30. The molecule has 2 N–H and O–H groups in total. The maximum atomic E-state index is 13.5. The summed E-state index contributed by atoms with van der Waals surface area (Å²) < 4.78 is 85.8. The Kier molecular flexibility index (Phi) is 19.5. The lowest BCUT2D eigenvalue weighted by Gasteiger charge is -2.24. The van der Waals surface area contributed by atoms with Crippen molar-refractivity contribution < 1.29 is 50.3 Å². The van der Waals surface area contributed by atoms with Crippen molar-refractivity contribution in [1.29, 1.82) is 0 Å². The normalized spacial score (nSPS) is 13.2. The van der Waals surface area contributed by atoms with Gasteiger partial charge >= 0.3 is 18.3 Å². The fraction of sp³-hybridized carbons (Fsp3) is 0.714. The van der Waals surface area contributed by atoms with Gasteiger partial charge in [0.25, 0.3) is 0 Å². The molecule has 0 unspecified atom stereocenters. The highest BCUT2D eigenvalue weighted by Gasteiger charge is 2.43. The van der Waals surface area contributed by atoms with E-state index in [1.807, 2.05) is 20.8 Å². The molecule has 7 nitrogen and oxygen atoms in total. The van der Waals surface area contributed by atoms with E-state index in [9.17, 15) is 45.5 Å². The number of ketones is 1. The Bertz CT molecular complexity index is 1120. The van der Waals surface area contributed by atoms with E-state index >= 15 is 0 Å². The summed E-state index contributed by atoms with van der Waals surface area (Å²) in [6.07, 6.45) is 1.51. The van der Waals surface area contributed by atoms with Crippen LogP contribution in [0.3, 0.4) is 0 Å². The summed E-state index contributed by atoms with van der Waals surface area (Å²) in [6, 6.07) is -1.07. The van der Waals surface area contributed by atoms with Gasteiger partial charge in [0, 0.05) is 6.42 Å². The highest BCUT2D eigenvalue weighted by atomic mass is 19.4. The molecule has 0 radical (unpaired) electrons. The molecule has 0 saturated heterocycles. The fourth-order valence-electron chi connectivity index (χ4n) is 5.30. The first-order chi connectivity index (χ1) is 22.5. The number of Topliss-reactive ketones (excluding diaryl/α,β-unsaturated/α-hetero) is 1. The van der Waals surface area contributed by atoms with Crippen LogP contribution in [0.15, 0.2) is 18.2 Å². The van der Waals surface area contributed by atoms with Crippen molar-refractivity contribution in [1.82, 2.24) is 10.6 Å². The van der Waals surface area contributed by atoms with E-state index in [1.165, 1.54) is 25.7 Å². The van der Waals surface area contributed by atoms with Crippen LogP contribution in [0.2, 0.25) is 0 Å². The number of carbonyl (C=O) groups is 4. The predicted molar refractivity (Wildman–Crippen MR) is 171 cm³/mol. The van der Waals surface area contributed by atoms with Gasteiger partial charge in [-0.05, 0) is 37.3 Å². The average Bonchev–Trinajstić information content (AvgIpc) is 3.00. The zero-order valence-electron chi connectivity index (χ0n) is 28.6. The van der Waals surface area contributed by atoms with Crippen molar-refractivity contribution in [3.8, 4) is 0 Å². The monoisotopic (exact) mass is 694 g/mol. The zero-order valence-corrected chi connectivity index (χ0v) is 28.6. The van der Waals surface area contributed by atoms with Gasteiger partial charge in [-0.1, -0.05) is 104 Å². The van der Waals surface area contributed by atoms with Crippen molar-refractivity contribution in [2.45, 2.75) is 148 Å². The third-order valence-electron chi connectivity index (χ3n) is 7.89. The van der Waals surface area contributed by atoms with E-state index in [0.29, 0.717) is 37.5 Å². The number of esters is 1. The minimum absolute atomic E-state index is 0.0134. The topological polar surface area (TPSA) is 102 Å². The van der Waals surface area contributed by atoms with Crippen LogP contribution in [0.5, 0.6) is 0 Å². The zero-order chi connectivity index (χ0) is 36.3. The first-order valence-corrected chi connectivity index (χ1v) is 17.1. The Balaban J connectivity index is 2.94. The quantitative estimate of drug-likeness (QED) is 0.0677. The van der Waals surface area contributed by atoms with Crippen LogP contribution in [-0.2, 0) is 31.5 Å². The molecule has 274 valence electrons. The van der Waals surface area contributed by atoms with Gasteiger partial charge < -0.3 is 15.4 Å². The van der Waals surface area contributed by atoms with Crippen LogP contribution in [0.25, 0.3) is 0 Å². The Morgan fingerprint density at radius 2 is 1.21 bits per heavy atom. The Morgan fingerprint density at radius 3 is 1.71 bits per heavy atom. The summed E-state index contributed by atoms with van der Waals surface area (Å²) in [5, 5.41) is 5.31. The third kappa shape index (κ3) is 16.3. The molecule has 2 amide bonds. The van der Waals surface area contributed by atoms with E-state index in [-0.39, 0.29) is 31.1 Å². The first-order valence-electron chi connectivity index (χ1n) is 17.1. The Labute approximate surface area is 280 Å². The summed E-state index contributed by atoms with van der Waals surface area (Å²) in [6.45, 7) is 6.60. The molecule has 1 aromatic rings. The van der Waals surface area contributed by atoms with Gasteiger partial charge in [-0.25, -0.2) is 4.79 Å². The molecule has 0 aliphatic carbocycles. The highest BCUT2D eigenvalue weighted by molar-refractivity contribution is 5.97. The highest BCUT2D eigenvalue weighted by Crippen LogP contribution is 2.39. The molecule has 0 aliphatic heterocycles. The summed E-state index contributed by atoms with van der Waals surface area (Å²) in [7, 11) is 0. The van der Waals surface area contributed by atoms with Crippen molar-refractivity contribution >= 4 is 23.6 Å². The molecular formula is C35H52F6N2O5. The molecule has 1 aromatic carbocycles. The van der Waals surface area contributed by atoms with Gasteiger partial charge in [-0.2, -0.15) is 26.3 Å². The van der Waals surface area contributed by atoms with Crippen LogP contribution < -0.4 is 10.6 Å². The number of ether oxygens (including phenoxy) is 1. The van der Waals surface area contributed by atoms with Crippen molar-refractivity contribution in [2.24, 2.45) is 5.92 Å². The number of hydrogen-bond donors (Lipinski definition) is 2. The van der Waals surface area contributed by atoms with Gasteiger partial charge in [0.1, 0.15) is 6.04 Å². The lowest BCUT2D eigenvalue weighted by molar-refractivity contribution is -0.144. The molecule has 0 spiro atoms. The molecule has 0 aliphatic rings. The van der Waals surface area contributed by atoms with Gasteiger partial charge in [-0.3, -0.25) is 14.4 Å². The summed E-state index contributed by atoms with van der Waals surface area (Å²) in [5.74, 6) is -3.86. The SMILES string of the molecule is CCCCCCCCCCCC(=O)N[C@@H](CC(C)C)C(=O)N[C@@H](CCCCC)C(=O)COC(=O)c1c(C(F)(F)F)cccc1C(F)(F)F. The third-order valence-corrected chi connectivity index (χ3v) is 7.89. The number of nitrogens with one attached hydrogen (secondary N) is 2. The van der Waals surface area contributed by atoms with Crippen molar-refractivity contribution in [2.75, 3.05) is 6.61 Å². The number of rotatable bonds is 23. The second-order valence-corrected chi connectivity index (χ2v) is 12.7. The number of amides is 2. The van der Waals surface area contributed by atoms with Crippen LogP contribution in [0.1, 0.15) is 145 Å². The lowest BCUT2D eigenvalue weighted by Crippen LogP contribution is -2.52. The number of alkyl halides is 6. The van der Waals surface area contributed by atoms with E-state index < -0.39 is 65.4 Å². The predicted octanol–water partition coefficient (Wildman–Crippen LogP) is 8.97. The molecule has 0 heterocycles. The molecule has 48 heavy (non-hydrogen) atoms. The van der Waals surface area contributed by atoms with Crippen LogP contribution in [0, 0.1) is 5.92 Å². The maximum absolute atomic E-state index is 13.5. The van der Waals surface area contributed by atoms with Gasteiger partial charge in [0.15, 0.2) is 12.4 Å². The molecular weight excluding hydrogens is 642 g/mol. The number of hydrogen-bond acceptors (Lipinski definition) is 5. The minimum atomic E-state index is -5.31. The molecule has 1 rings (SSSR count). The molecule has 0 saturated carbocycles. The van der Waals surface area contributed by atoms with Crippen LogP contribution in [0.4, 0.5) is 26.3 Å². The molecule has 0 aromatic heterocycles. The molecule has 2 atom stereocenters. The smallest absolute Gasteiger partial charge is 0.417 e. The number of carbonyl (C=O) groups excluding carboxylic acids is 4. The van der Waals surface area contributed by atoms with E-state index in [4.69, 9.17) is 4.74 Å². The summed E-state index contributed by atoms with van der Waals surface area (Å²) in [5.41, 5.74) is -5.45. The van der Waals surface area contributed by atoms with Crippen LogP contribution >= 0.6 is 0 Å². The Hall–Kier alpha value is -3.12. The van der Waals surface area contributed by atoms with E-state index in [0.717, 1.165) is 32.1 Å². The lowest BCUT2D eigenvalue weighted by atomic mass is 9.99. The minimum Gasteiger partial charge on any atom is -0.454 e. The first kappa shape index (κ1) is 42.9. The standard InChI is InChI=1S/C35H52F6N2O5/c1-5-7-9-10-11-12-13-14-16-21-30(45)42-28(22-24(3)4)32(46)43-27(20-15-8-6-2)29(44)23-48-33(47)31-25(34(36,37)38)18-17-19-26(31)35(39,40)41/h17-19,24,27-28H,5-16,20-23H2,1-4H3,(H,42,45)(H,43,46)/t27-,28-/m0/s1. The second-order valence-electron chi connectivity index (χ2n) is 12.7. The van der Waals surface area contributed by atoms with Gasteiger partial charge in [-0.15, -0.1) is 0 Å². The Morgan fingerprint density at radius 1 is 0.708 bits per heavy atom. The largest absolute Gasteiger partial charge is 0.454 e. The van der Waals surface area contributed by atoms with Crippen molar-refractivity contribution in [3.63, 3.8) is 0 Å². The maximum Gasteiger partial charge on any atom is 0.417 e. The average molecular weight is 695 g/mol. The summed E-state index contributed by atoms with van der Waals surface area (Å²) >= 11 is 0.